The van der Waals surface area contributed by atoms with Crippen LogP contribution in [0.25, 0.3) is 21.5 Å². The first kappa shape index (κ1) is 14.4. The van der Waals surface area contributed by atoms with E-state index in [1.165, 1.54) is 11.3 Å². The standard InChI is InChI=1S/C17H18N4OS/c22-17(21-11-4-8-18-9-5-11)16-14(12-3-1-2-7-19-12)15-13(23-16)6-10-20-15/h1-3,6-7,10-11,18,20H,4-5,8-9H2,(H,21,22). The number of nitrogens with zero attached hydrogens (tertiary/aromatic N) is 1. The number of carbonyl (C=O) groups excluding carboxylic acids is 1. The molecule has 0 radical (unpaired) electrons. The van der Waals surface area contributed by atoms with Crippen LogP contribution < -0.4 is 10.6 Å². The average molecular weight is 326 g/mol. The van der Waals surface area contributed by atoms with Crippen molar-refractivity contribution in [3.63, 3.8) is 0 Å². The van der Waals surface area contributed by atoms with Crippen LogP contribution in [0.1, 0.15) is 22.5 Å². The number of thiophene rings is 1. The first-order valence-electron chi connectivity index (χ1n) is 7.86. The Bertz CT molecular complexity index is 818. The highest BCUT2D eigenvalue weighted by Crippen LogP contribution is 2.37. The SMILES string of the molecule is O=C(NC1CCNCC1)c1sc2cc[nH]c2c1-c1ccccn1. The summed E-state index contributed by atoms with van der Waals surface area (Å²) in [6, 6.07) is 8.04. The molecule has 3 N–H and O–H groups in total. The number of hydrogen-bond acceptors (Lipinski definition) is 4. The molecule has 4 rings (SSSR count). The number of aromatic amines is 1. The Kier molecular flexibility index (Phi) is 3.85. The highest BCUT2D eigenvalue weighted by molar-refractivity contribution is 7.21. The van der Waals surface area contributed by atoms with E-state index >= 15 is 0 Å². The lowest BCUT2D eigenvalue weighted by Gasteiger charge is -2.23. The first-order chi connectivity index (χ1) is 11.3. The van der Waals surface area contributed by atoms with Gasteiger partial charge >= 0.3 is 0 Å². The summed E-state index contributed by atoms with van der Waals surface area (Å²) < 4.78 is 1.08. The molecule has 1 aliphatic rings. The van der Waals surface area contributed by atoms with Gasteiger partial charge in [-0.25, -0.2) is 0 Å². The van der Waals surface area contributed by atoms with Gasteiger partial charge in [0, 0.05) is 24.0 Å². The minimum atomic E-state index is 0.00662. The second-order valence-electron chi connectivity index (χ2n) is 5.74. The molecule has 0 aromatic carbocycles. The van der Waals surface area contributed by atoms with Gasteiger partial charge in [0.05, 0.1) is 15.9 Å². The maximum Gasteiger partial charge on any atom is 0.262 e. The van der Waals surface area contributed by atoms with Gasteiger partial charge in [0.2, 0.25) is 0 Å². The number of pyridine rings is 1. The molecular formula is C17H18N4OS. The number of rotatable bonds is 3. The summed E-state index contributed by atoms with van der Waals surface area (Å²) in [6.45, 7) is 1.92. The fourth-order valence-corrected chi connectivity index (χ4v) is 4.12. The summed E-state index contributed by atoms with van der Waals surface area (Å²) in [4.78, 5) is 21.2. The smallest absolute Gasteiger partial charge is 0.262 e. The fraction of sp³-hybridized carbons (Fsp3) is 0.294. The number of hydrogen-bond donors (Lipinski definition) is 3. The van der Waals surface area contributed by atoms with E-state index in [4.69, 9.17) is 0 Å². The van der Waals surface area contributed by atoms with Crippen molar-refractivity contribution in [2.45, 2.75) is 18.9 Å². The fourth-order valence-electron chi connectivity index (χ4n) is 3.04. The van der Waals surface area contributed by atoms with Crippen molar-refractivity contribution >= 4 is 27.5 Å². The number of aromatic nitrogens is 2. The molecule has 4 heterocycles. The zero-order valence-electron chi connectivity index (χ0n) is 12.6. The van der Waals surface area contributed by atoms with E-state index in [0.29, 0.717) is 0 Å². The highest BCUT2D eigenvalue weighted by Gasteiger charge is 2.23. The van der Waals surface area contributed by atoms with Crippen molar-refractivity contribution in [1.82, 2.24) is 20.6 Å². The number of carbonyl (C=O) groups is 1. The average Bonchev–Trinajstić information content (AvgIpc) is 3.17. The van der Waals surface area contributed by atoms with E-state index in [0.717, 1.165) is 52.3 Å². The summed E-state index contributed by atoms with van der Waals surface area (Å²) in [6.07, 6.45) is 5.63. The molecule has 0 spiro atoms. The molecule has 23 heavy (non-hydrogen) atoms. The van der Waals surface area contributed by atoms with Gasteiger partial charge in [-0.3, -0.25) is 9.78 Å². The molecule has 5 nitrogen and oxygen atoms in total. The minimum Gasteiger partial charge on any atom is -0.360 e. The lowest BCUT2D eigenvalue weighted by molar-refractivity contribution is 0.0934. The summed E-state index contributed by atoms with van der Waals surface area (Å²) in [5.74, 6) is 0.00662. The molecule has 0 saturated carbocycles. The third-order valence-corrected chi connectivity index (χ3v) is 5.35. The monoisotopic (exact) mass is 326 g/mol. The molecule has 0 unspecified atom stereocenters. The van der Waals surface area contributed by atoms with Gasteiger partial charge < -0.3 is 15.6 Å². The third kappa shape index (κ3) is 2.75. The summed E-state index contributed by atoms with van der Waals surface area (Å²) >= 11 is 1.52. The van der Waals surface area contributed by atoms with Crippen LogP contribution in [-0.4, -0.2) is 35.0 Å². The van der Waals surface area contributed by atoms with E-state index < -0.39 is 0 Å². The zero-order chi connectivity index (χ0) is 15.6. The molecule has 0 atom stereocenters. The summed E-state index contributed by atoms with van der Waals surface area (Å²) in [5.41, 5.74) is 2.72. The molecule has 1 aliphatic heterocycles. The molecule has 6 heteroatoms. The molecule has 3 aromatic heterocycles. The van der Waals surface area contributed by atoms with Crippen LogP contribution in [0.2, 0.25) is 0 Å². The van der Waals surface area contributed by atoms with Crippen LogP contribution in [0.4, 0.5) is 0 Å². The van der Waals surface area contributed by atoms with Crippen LogP contribution >= 0.6 is 11.3 Å². The normalized spacial score (nSPS) is 15.8. The Balaban J connectivity index is 1.71. The zero-order valence-corrected chi connectivity index (χ0v) is 13.5. The largest absolute Gasteiger partial charge is 0.360 e. The van der Waals surface area contributed by atoms with E-state index in [-0.39, 0.29) is 11.9 Å². The van der Waals surface area contributed by atoms with Gasteiger partial charge in [-0.05, 0) is 44.1 Å². The topological polar surface area (TPSA) is 69.8 Å². The predicted octanol–water partition coefficient (Wildman–Crippen LogP) is 2.77. The lowest BCUT2D eigenvalue weighted by atomic mass is 10.1. The molecule has 1 amide bonds. The Morgan fingerprint density at radius 1 is 1.26 bits per heavy atom. The Morgan fingerprint density at radius 3 is 2.91 bits per heavy atom. The second-order valence-corrected chi connectivity index (χ2v) is 6.79. The molecule has 3 aromatic rings. The van der Waals surface area contributed by atoms with Gasteiger partial charge in [-0.2, -0.15) is 0 Å². The number of fused-ring (bicyclic) bond motifs is 1. The number of piperidine rings is 1. The molecular weight excluding hydrogens is 308 g/mol. The number of amides is 1. The maximum absolute atomic E-state index is 12.8. The van der Waals surface area contributed by atoms with Gasteiger partial charge in [0.1, 0.15) is 4.88 Å². The van der Waals surface area contributed by atoms with Crippen molar-refractivity contribution in [2.75, 3.05) is 13.1 Å². The Morgan fingerprint density at radius 2 is 2.13 bits per heavy atom. The summed E-state index contributed by atoms with van der Waals surface area (Å²) in [5, 5.41) is 6.50. The van der Waals surface area contributed by atoms with Gasteiger partial charge in [0.25, 0.3) is 5.91 Å². The van der Waals surface area contributed by atoms with E-state index in [1.807, 2.05) is 30.5 Å². The number of H-pyrrole nitrogens is 1. The lowest BCUT2D eigenvalue weighted by Crippen LogP contribution is -2.42. The van der Waals surface area contributed by atoms with E-state index in [1.54, 1.807) is 6.20 Å². The van der Waals surface area contributed by atoms with Crippen molar-refractivity contribution < 1.29 is 4.79 Å². The van der Waals surface area contributed by atoms with Crippen LogP contribution in [0.3, 0.4) is 0 Å². The first-order valence-corrected chi connectivity index (χ1v) is 8.67. The van der Waals surface area contributed by atoms with Crippen LogP contribution in [-0.2, 0) is 0 Å². The molecule has 1 fully saturated rings. The van der Waals surface area contributed by atoms with Crippen molar-refractivity contribution in [2.24, 2.45) is 0 Å². The van der Waals surface area contributed by atoms with Gasteiger partial charge in [0.15, 0.2) is 0 Å². The van der Waals surface area contributed by atoms with Gasteiger partial charge in [-0.15, -0.1) is 11.3 Å². The third-order valence-electron chi connectivity index (χ3n) is 4.20. The van der Waals surface area contributed by atoms with Gasteiger partial charge in [-0.1, -0.05) is 6.07 Å². The minimum absolute atomic E-state index is 0.00662. The van der Waals surface area contributed by atoms with Crippen LogP contribution in [0.15, 0.2) is 36.7 Å². The van der Waals surface area contributed by atoms with Crippen LogP contribution in [0.5, 0.6) is 0 Å². The van der Waals surface area contributed by atoms with E-state index in [9.17, 15) is 4.79 Å². The Hall–Kier alpha value is -2.18. The maximum atomic E-state index is 12.8. The van der Waals surface area contributed by atoms with Crippen LogP contribution in [0, 0.1) is 0 Å². The second kappa shape index (κ2) is 6.14. The highest BCUT2D eigenvalue weighted by atomic mass is 32.1. The molecule has 0 aliphatic carbocycles. The Labute approximate surface area is 138 Å². The molecule has 0 bridgehead atoms. The van der Waals surface area contributed by atoms with Crippen molar-refractivity contribution in [3.05, 3.63) is 41.5 Å². The number of nitrogens with one attached hydrogen (secondary N) is 3. The van der Waals surface area contributed by atoms with E-state index in [2.05, 4.69) is 20.6 Å². The van der Waals surface area contributed by atoms with Crippen molar-refractivity contribution in [3.8, 4) is 11.3 Å². The summed E-state index contributed by atoms with van der Waals surface area (Å²) in [7, 11) is 0. The predicted molar refractivity (Wildman–Crippen MR) is 92.8 cm³/mol. The van der Waals surface area contributed by atoms with Crippen molar-refractivity contribution in [1.29, 1.82) is 0 Å². The quantitative estimate of drug-likeness (QED) is 0.693. The molecule has 118 valence electrons. The molecule has 1 saturated heterocycles.